The number of aryl methyl sites for hydroxylation is 2. The summed E-state index contributed by atoms with van der Waals surface area (Å²) in [5, 5.41) is 6.18. The summed E-state index contributed by atoms with van der Waals surface area (Å²) in [5.74, 6) is -0.402. The number of nitrogens with one attached hydrogen (secondary N) is 1. The van der Waals surface area contributed by atoms with E-state index in [1.165, 1.54) is 20.8 Å². The van der Waals surface area contributed by atoms with Crippen LogP contribution in [0.2, 0.25) is 10.0 Å². The fourth-order valence-corrected chi connectivity index (χ4v) is 6.79. The molecule has 1 fully saturated rings. The Kier molecular flexibility index (Phi) is 6.12. The first-order valence-electron chi connectivity index (χ1n) is 11.1. The van der Waals surface area contributed by atoms with Crippen molar-refractivity contribution in [2.24, 2.45) is 5.92 Å². The quantitative estimate of drug-likeness (QED) is 0.505. The minimum atomic E-state index is -3.51. The summed E-state index contributed by atoms with van der Waals surface area (Å²) < 4.78 is 27.2. The van der Waals surface area contributed by atoms with Gasteiger partial charge in [-0.3, -0.25) is 4.79 Å². The molecular weight excluding hydrogens is 479 g/mol. The van der Waals surface area contributed by atoms with E-state index in [2.05, 4.69) is 23.5 Å². The van der Waals surface area contributed by atoms with Crippen LogP contribution in [-0.2, 0) is 33.4 Å². The van der Waals surface area contributed by atoms with Crippen molar-refractivity contribution in [3.05, 3.63) is 75.3 Å². The number of amides is 1. The van der Waals surface area contributed by atoms with Crippen LogP contribution >= 0.6 is 23.2 Å². The first-order valence-corrected chi connectivity index (χ1v) is 13.4. The molecule has 172 valence electrons. The van der Waals surface area contributed by atoms with Gasteiger partial charge in [-0.1, -0.05) is 53.5 Å². The number of benzene rings is 3. The Bertz CT molecular complexity index is 1340. The van der Waals surface area contributed by atoms with Crippen LogP contribution < -0.4 is 5.32 Å². The van der Waals surface area contributed by atoms with Gasteiger partial charge < -0.3 is 5.32 Å². The highest BCUT2D eigenvalue weighted by Crippen LogP contribution is 2.35. The third kappa shape index (κ3) is 4.50. The molecule has 0 spiro atoms. The molecule has 2 aliphatic rings. The summed E-state index contributed by atoms with van der Waals surface area (Å²) >= 11 is 11.9. The highest BCUT2D eigenvalue weighted by molar-refractivity contribution is 7.88. The van der Waals surface area contributed by atoms with Gasteiger partial charge in [0.25, 0.3) is 0 Å². The lowest BCUT2D eigenvalue weighted by Crippen LogP contribution is -2.41. The van der Waals surface area contributed by atoms with Crippen LogP contribution in [-0.4, -0.2) is 31.7 Å². The van der Waals surface area contributed by atoms with E-state index < -0.39 is 10.0 Å². The van der Waals surface area contributed by atoms with E-state index in [9.17, 15) is 13.2 Å². The van der Waals surface area contributed by atoms with Gasteiger partial charge in [0.2, 0.25) is 15.9 Å². The number of hydrogen-bond acceptors (Lipinski definition) is 3. The van der Waals surface area contributed by atoms with Gasteiger partial charge in [-0.2, -0.15) is 0 Å². The van der Waals surface area contributed by atoms with E-state index >= 15 is 0 Å². The third-order valence-electron chi connectivity index (χ3n) is 6.69. The molecule has 0 atom stereocenters. The molecule has 0 radical (unpaired) electrons. The molecule has 5 nitrogen and oxygen atoms in total. The van der Waals surface area contributed by atoms with Gasteiger partial charge in [0.15, 0.2) is 0 Å². The molecule has 3 aromatic carbocycles. The van der Waals surface area contributed by atoms with Crippen LogP contribution in [0, 0.1) is 5.92 Å². The summed E-state index contributed by atoms with van der Waals surface area (Å²) in [6, 6.07) is 15.2. The lowest BCUT2D eigenvalue weighted by Gasteiger charge is -2.30. The normalized spacial score (nSPS) is 16.9. The van der Waals surface area contributed by atoms with Gasteiger partial charge in [0.1, 0.15) is 0 Å². The average Bonchev–Trinajstić information content (AvgIpc) is 3.23. The van der Waals surface area contributed by atoms with Gasteiger partial charge >= 0.3 is 0 Å². The molecular formula is C25H24Cl2N2O3S. The Labute approximate surface area is 203 Å². The predicted molar refractivity (Wildman–Crippen MR) is 133 cm³/mol. The van der Waals surface area contributed by atoms with Crippen molar-refractivity contribution in [2.75, 3.05) is 18.4 Å². The van der Waals surface area contributed by atoms with Crippen molar-refractivity contribution in [3.63, 3.8) is 0 Å². The highest BCUT2D eigenvalue weighted by Gasteiger charge is 2.31. The number of hydrogen-bond donors (Lipinski definition) is 1. The SMILES string of the molecule is O=C(Nc1ccc2c3c(cccc13)CC2)C1CCN(S(=O)(=O)Cc2ccc(Cl)c(Cl)c2)CC1. The van der Waals surface area contributed by atoms with Crippen LogP contribution in [0.15, 0.2) is 48.5 Å². The number of carbonyl (C=O) groups is 1. The van der Waals surface area contributed by atoms with Crippen molar-refractivity contribution < 1.29 is 13.2 Å². The Morgan fingerprint density at radius 3 is 2.42 bits per heavy atom. The van der Waals surface area contributed by atoms with Crippen molar-refractivity contribution in [1.29, 1.82) is 0 Å². The molecule has 8 heteroatoms. The van der Waals surface area contributed by atoms with Gasteiger partial charge in [0.05, 0.1) is 15.8 Å². The largest absolute Gasteiger partial charge is 0.325 e. The minimum Gasteiger partial charge on any atom is -0.325 e. The van der Waals surface area contributed by atoms with E-state index in [0.717, 1.165) is 23.9 Å². The second-order valence-electron chi connectivity index (χ2n) is 8.78. The molecule has 1 aliphatic carbocycles. The molecule has 0 unspecified atom stereocenters. The molecule has 0 bridgehead atoms. The van der Waals surface area contributed by atoms with Gasteiger partial charge in [-0.15, -0.1) is 0 Å². The maximum absolute atomic E-state index is 13.0. The lowest BCUT2D eigenvalue weighted by atomic mass is 9.96. The fourth-order valence-electron chi connectivity index (χ4n) is 4.92. The van der Waals surface area contributed by atoms with Crippen LogP contribution in [0.4, 0.5) is 5.69 Å². The Hall–Kier alpha value is -2.12. The van der Waals surface area contributed by atoms with E-state index in [-0.39, 0.29) is 17.6 Å². The zero-order valence-electron chi connectivity index (χ0n) is 18.0. The third-order valence-corrected chi connectivity index (χ3v) is 9.28. The average molecular weight is 503 g/mol. The van der Waals surface area contributed by atoms with E-state index in [4.69, 9.17) is 23.2 Å². The molecule has 1 amide bonds. The van der Waals surface area contributed by atoms with Crippen molar-refractivity contribution in [3.8, 4) is 0 Å². The first kappa shape index (κ1) is 22.7. The van der Waals surface area contributed by atoms with Gasteiger partial charge in [0, 0.05) is 30.1 Å². The number of carbonyl (C=O) groups excluding carboxylic acids is 1. The molecule has 1 saturated heterocycles. The summed E-state index contributed by atoms with van der Waals surface area (Å²) in [7, 11) is -3.51. The van der Waals surface area contributed by atoms with Crippen molar-refractivity contribution >= 4 is 55.6 Å². The molecule has 33 heavy (non-hydrogen) atoms. The second-order valence-corrected chi connectivity index (χ2v) is 11.6. The summed E-state index contributed by atoms with van der Waals surface area (Å²) in [4.78, 5) is 13.0. The fraction of sp³-hybridized carbons (Fsp3) is 0.320. The van der Waals surface area contributed by atoms with Crippen LogP contribution in [0.1, 0.15) is 29.5 Å². The monoisotopic (exact) mass is 502 g/mol. The van der Waals surface area contributed by atoms with Crippen LogP contribution in [0.3, 0.4) is 0 Å². The van der Waals surface area contributed by atoms with E-state index in [0.29, 0.717) is 41.5 Å². The summed E-state index contributed by atoms with van der Waals surface area (Å²) in [6.07, 6.45) is 3.07. The minimum absolute atomic E-state index is 0.0461. The van der Waals surface area contributed by atoms with Gasteiger partial charge in [-0.25, -0.2) is 12.7 Å². The molecule has 3 aromatic rings. The Morgan fingerprint density at radius 2 is 1.70 bits per heavy atom. The van der Waals surface area contributed by atoms with Gasteiger partial charge in [-0.05, 0) is 66.0 Å². The molecule has 1 aliphatic heterocycles. The summed E-state index contributed by atoms with van der Waals surface area (Å²) in [5.41, 5.74) is 4.09. The Morgan fingerprint density at radius 1 is 0.970 bits per heavy atom. The van der Waals surface area contributed by atoms with Crippen molar-refractivity contribution in [1.82, 2.24) is 4.31 Å². The number of halogens is 2. The molecule has 1 N–H and O–H groups in total. The van der Waals surface area contributed by atoms with Crippen molar-refractivity contribution in [2.45, 2.75) is 31.4 Å². The smallest absolute Gasteiger partial charge is 0.227 e. The van der Waals surface area contributed by atoms with Crippen LogP contribution in [0.5, 0.6) is 0 Å². The zero-order valence-corrected chi connectivity index (χ0v) is 20.3. The number of sulfonamides is 1. The number of anilines is 1. The topological polar surface area (TPSA) is 66.5 Å². The van der Waals surface area contributed by atoms with Crippen LogP contribution in [0.25, 0.3) is 10.8 Å². The second kappa shape index (κ2) is 8.91. The zero-order chi connectivity index (χ0) is 23.2. The maximum atomic E-state index is 13.0. The Balaban J connectivity index is 1.24. The summed E-state index contributed by atoms with van der Waals surface area (Å²) in [6.45, 7) is 0.650. The lowest BCUT2D eigenvalue weighted by molar-refractivity contribution is -0.120. The molecule has 5 rings (SSSR count). The molecule has 0 aromatic heterocycles. The molecule has 0 saturated carbocycles. The predicted octanol–water partition coefficient (Wildman–Crippen LogP) is 5.43. The van der Waals surface area contributed by atoms with E-state index in [1.54, 1.807) is 18.2 Å². The maximum Gasteiger partial charge on any atom is 0.227 e. The number of nitrogens with zero attached hydrogens (tertiary/aromatic N) is 1. The first-order chi connectivity index (χ1) is 15.8. The van der Waals surface area contributed by atoms with E-state index in [1.807, 2.05) is 12.1 Å². The molecule has 1 heterocycles. The highest BCUT2D eigenvalue weighted by atomic mass is 35.5. The number of rotatable bonds is 5. The standard InChI is InChI=1S/C25H24Cl2N2O3S/c26-21-8-4-16(14-22(21)27)15-33(31,32)29-12-10-19(11-13-29)25(30)28-23-9-7-18-6-5-17-2-1-3-20(23)24(17)18/h1-4,7-9,14,19H,5-6,10-13,15H2,(H,28,30). The number of piperidine rings is 1.